The molecule has 8 heteroatoms. The molecule has 2 nitrogen and oxygen atoms in total. The Bertz CT molecular complexity index is 614. The van der Waals surface area contributed by atoms with Crippen LogP contribution in [0, 0.1) is 5.82 Å². The standard InChI is InChI=1S/C13H10ClF4NOS/c14-4-10-6-21-12(19-10)8-1-2-11(15)9(3-8)5-20-7-13(16,17)18/h1-3,6H,4-5,7H2. The maximum Gasteiger partial charge on any atom is 0.411 e. The second-order valence-corrected chi connectivity index (χ2v) is 5.32. The van der Waals surface area contributed by atoms with Gasteiger partial charge in [-0.25, -0.2) is 9.37 Å². The molecule has 21 heavy (non-hydrogen) atoms. The highest BCUT2D eigenvalue weighted by Crippen LogP contribution is 2.27. The summed E-state index contributed by atoms with van der Waals surface area (Å²) in [5, 5.41) is 2.40. The van der Waals surface area contributed by atoms with Gasteiger partial charge < -0.3 is 4.74 Å². The van der Waals surface area contributed by atoms with Crippen molar-refractivity contribution in [1.82, 2.24) is 4.98 Å². The first kappa shape index (κ1) is 16.2. The summed E-state index contributed by atoms with van der Waals surface area (Å²) in [6.45, 7) is -1.86. The van der Waals surface area contributed by atoms with Crippen LogP contribution >= 0.6 is 22.9 Å². The van der Waals surface area contributed by atoms with Gasteiger partial charge >= 0.3 is 6.18 Å². The zero-order valence-corrected chi connectivity index (χ0v) is 12.2. The molecule has 1 aromatic carbocycles. The van der Waals surface area contributed by atoms with E-state index in [0.717, 1.165) is 0 Å². The topological polar surface area (TPSA) is 22.1 Å². The summed E-state index contributed by atoms with van der Waals surface area (Å²) < 4.78 is 54.1. The third-order valence-corrected chi connectivity index (χ3v) is 3.72. The first-order valence-electron chi connectivity index (χ1n) is 5.82. The second kappa shape index (κ2) is 6.72. The van der Waals surface area contributed by atoms with Gasteiger partial charge in [-0.1, -0.05) is 0 Å². The van der Waals surface area contributed by atoms with Crippen LogP contribution in [0.2, 0.25) is 0 Å². The number of thiazole rings is 1. The van der Waals surface area contributed by atoms with Gasteiger partial charge in [-0.2, -0.15) is 13.2 Å². The van der Waals surface area contributed by atoms with Gasteiger partial charge in [-0.3, -0.25) is 0 Å². The number of aromatic nitrogens is 1. The molecule has 0 saturated carbocycles. The van der Waals surface area contributed by atoms with Crippen LogP contribution in [-0.2, 0) is 17.2 Å². The average Bonchev–Trinajstić information content (AvgIpc) is 2.88. The van der Waals surface area contributed by atoms with Crippen molar-refractivity contribution in [1.29, 1.82) is 0 Å². The molecule has 0 aliphatic heterocycles. The molecule has 114 valence electrons. The van der Waals surface area contributed by atoms with Crippen molar-refractivity contribution < 1.29 is 22.3 Å². The van der Waals surface area contributed by atoms with E-state index in [-0.39, 0.29) is 11.4 Å². The molecule has 0 fully saturated rings. The lowest BCUT2D eigenvalue weighted by Crippen LogP contribution is -2.17. The molecule has 0 bridgehead atoms. The number of ether oxygens (including phenoxy) is 1. The van der Waals surface area contributed by atoms with E-state index in [2.05, 4.69) is 9.72 Å². The number of nitrogens with zero attached hydrogens (tertiary/aromatic N) is 1. The molecule has 0 saturated heterocycles. The maximum atomic E-state index is 13.6. The first-order valence-corrected chi connectivity index (χ1v) is 7.24. The Morgan fingerprint density at radius 2 is 2.05 bits per heavy atom. The zero-order chi connectivity index (χ0) is 15.5. The van der Waals surface area contributed by atoms with Gasteiger partial charge in [0.1, 0.15) is 17.4 Å². The van der Waals surface area contributed by atoms with E-state index in [1.165, 1.54) is 29.5 Å². The Balaban J connectivity index is 2.13. The molecule has 2 aromatic rings. The van der Waals surface area contributed by atoms with Crippen molar-refractivity contribution >= 4 is 22.9 Å². The normalized spacial score (nSPS) is 11.9. The van der Waals surface area contributed by atoms with Crippen LogP contribution in [0.25, 0.3) is 10.6 Å². The molecule has 0 amide bonds. The van der Waals surface area contributed by atoms with Crippen molar-refractivity contribution in [2.24, 2.45) is 0 Å². The first-order chi connectivity index (χ1) is 9.89. The molecule has 1 aromatic heterocycles. The minimum absolute atomic E-state index is 0.0550. The van der Waals surface area contributed by atoms with Crippen molar-refractivity contribution in [2.45, 2.75) is 18.7 Å². The Labute approximate surface area is 127 Å². The van der Waals surface area contributed by atoms with Crippen LogP contribution in [-0.4, -0.2) is 17.8 Å². The maximum absolute atomic E-state index is 13.6. The van der Waals surface area contributed by atoms with Gasteiger partial charge in [-0.05, 0) is 18.2 Å². The molecule has 0 spiro atoms. The highest BCUT2D eigenvalue weighted by molar-refractivity contribution is 7.13. The number of alkyl halides is 4. The second-order valence-electron chi connectivity index (χ2n) is 4.19. The minimum Gasteiger partial charge on any atom is -0.367 e. The molecule has 0 aliphatic carbocycles. The van der Waals surface area contributed by atoms with Gasteiger partial charge in [0.2, 0.25) is 0 Å². The monoisotopic (exact) mass is 339 g/mol. The number of hydrogen-bond acceptors (Lipinski definition) is 3. The SMILES string of the molecule is Fc1ccc(-c2nc(CCl)cs2)cc1COCC(F)(F)F. The van der Waals surface area contributed by atoms with E-state index in [0.29, 0.717) is 16.3 Å². The van der Waals surface area contributed by atoms with Gasteiger partial charge in [0.05, 0.1) is 18.2 Å². The quantitative estimate of drug-likeness (QED) is 0.578. The van der Waals surface area contributed by atoms with E-state index in [1.54, 1.807) is 5.38 Å². The van der Waals surface area contributed by atoms with Crippen molar-refractivity contribution in [3.63, 3.8) is 0 Å². The summed E-state index contributed by atoms with van der Waals surface area (Å²) in [4.78, 5) is 4.23. The van der Waals surface area contributed by atoms with Crippen LogP contribution in [0.4, 0.5) is 17.6 Å². The molecule has 0 N–H and O–H groups in total. The van der Waals surface area contributed by atoms with Crippen LogP contribution in [0.5, 0.6) is 0 Å². The molecule has 0 atom stereocenters. The van der Waals surface area contributed by atoms with Crippen LogP contribution in [0.15, 0.2) is 23.6 Å². The van der Waals surface area contributed by atoms with Crippen LogP contribution < -0.4 is 0 Å². The molecular formula is C13H10ClF4NOS. The number of hydrogen-bond donors (Lipinski definition) is 0. The average molecular weight is 340 g/mol. The summed E-state index contributed by atoms with van der Waals surface area (Å²) in [5.74, 6) is -0.353. The number of benzene rings is 1. The van der Waals surface area contributed by atoms with Crippen molar-refractivity contribution in [3.8, 4) is 10.6 Å². The lowest BCUT2D eigenvalue weighted by molar-refractivity contribution is -0.176. The zero-order valence-electron chi connectivity index (χ0n) is 10.6. The summed E-state index contributed by atoms with van der Waals surface area (Å²) in [7, 11) is 0. The Kier molecular flexibility index (Phi) is 5.18. The molecule has 0 aliphatic rings. The minimum atomic E-state index is -4.43. The van der Waals surface area contributed by atoms with E-state index in [9.17, 15) is 17.6 Å². The molecule has 0 radical (unpaired) electrons. The van der Waals surface area contributed by atoms with Crippen LogP contribution in [0.3, 0.4) is 0 Å². The number of halogens is 5. The highest BCUT2D eigenvalue weighted by Gasteiger charge is 2.27. The van der Waals surface area contributed by atoms with Crippen LogP contribution in [0.1, 0.15) is 11.3 Å². The summed E-state index contributed by atoms with van der Waals surface area (Å²) in [6.07, 6.45) is -4.43. The van der Waals surface area contributed by atoms with Crippen molar-refractivity contribution in [2.75, 3.05) is 6.61 Å². The van der Waals surface area contributed by atoms with E-state index in [1.807, 2.05) is 0 Å². The third-order valence-electron chi connectivity index (χ3n) is 2.50. The van der Waals surface area contributed by atoms with Gasteiger partial charge in [0.25, 0.3) is 0 Å². The van der Waals surface area contributed by atoms with E-state index >= 15 is 0 Å². The summed E-state index contributed by atoms with van der Waals surface area (Å²) >= 11 is 6.98. The highest BCUT2D eigenvalue weighted by atomic mass is 35.5. The fourth-order valence-corrected chi connectivity index (χ4v) is 2.64. The van der Waals surface area contributed by atoms with E-state index in [4.69, 9.17) is 11.6 Å². The molecule has 2 rings (SSSR count). The van der Waals surface area contributed by atoms with E-state index < -0.39 is 25.2 Å². The lowest BCUT2D eigenvalue weighted by atomic mass is 10.1. The number of rotatable bonds is 5. The fourth-order valence-electron chi connectivity index (χ4n) is 1.60. The molecular weight excluding hydrogens is 330 g/mol. The lowest BCUT2D eigenvalue weighted by Gasteiger charge is -2.09. The Hall–Kier alpha value is -1.18. The Morgan fingerprint density at radius 3 is 2.67 bits per heavy atom. The van der Waals surface area contributed by atoms with Crippen molar-refractivity contribution in [3.05, 3.63) is 40.7 Å². The fraction of sp³-hybridized carbons (Fsp3) is 0.308. The predicted molar refractivity (Wildman–Crippen MR) is 72.8 cm³/mol. The van der Waals surface area contributed by atoms with Gasteiger partial charge in [0, 0.05) is 16.5 Å². The third kappa shape index (κ3) is 4.66. The summed E-state index contributed by atoms with van der Waals surface area (Å²) in [5.41, 5.74) is 1.36. The summed E-state index contributed by atoms with van der Waals surface area (Å²) in [6, 6.07) is 4.13. The smallest absolute Gasteiger partial charge is 0.367 e. The molecule has 0 unspecified atom stereocenters. The predicted octanol–water partition coefficient (Wildman–Crippen LogP) is 4.77. The van der Waals surface area contributed by atoms with Gasteiger partial charge in [-0.15, -0.1) is 22.9 Å². The Morgan fingerprint density at radius 1 is 1.29 bits per heavy atom. The molecule has 1 heterocycles. The largest absolute Gasteiger partial charge is 0.411 e. The van der Waals surface area contributed by atoms with Gasteiger partial charge in [0.15, 0.2) is 0 Å².